The number of hydrogen-bond donors (Lipinski definition) is 2. The lowest BCUT2D eigenvalue weighted by molar-refractivity contribution is 0.133. The first-order chi connectivity index (χ1) is 8.24. The van der Waals surface area contributed by atoms with Crippen LogP contribution in [-0.2, 0) is 6.54 Å². The number of aromatic nitrogens is 2. The minimum Gasteiger partial charge on any atom is -0.391 e. The monoisotopic (exact) mass is 253 g/mol. The molecule has 0 fully saturated rings. The van der Waals surface area contributed by atoms with Gasteiger partial charge in [-0.15, -0.1) is 0 Å². The van der Waals surface area contributed by atoms with Crippen molar-refractivity contribution in [2.45, 2.75) is 52.8 Å². The summed E-state index contributed by atoms with van der Waals surface area (Å²) in [5.74, 6) is 0.673. The van der Waals surface area contributed by atoms with Crippen LogP contribution in [0.25, 0.3) is 0 Å². The molecule has 1 heterocycles. The highest BCUT2D eigenvalue weighted by Crippen LogP contribution is 2.13. The Morgan fingerprint density at radius 3 is 2.56 bits per heavy atom. The number of aliphatic hydroxyl groups is 1. The maximum absolute atomic E-state index is 12.2. The van der Waals surface area contributed by atoms with Gasteiger partial charge in [0.25, 0.3) is 5.56 Å². The summed E-state index contributed by atoms with van der Waals surface area (Å²) in [6.45, 7) is 10.1. The van der Waals surface area contributed by atoms with Gasteiger partial charge >= 0.3 is 0 Å². The molecule has 1 aromatic heterocycles. The van der Waals surface area contributed by atoms with E-state index in [1.807, 2.05) is 13.8 Å². The molecule has 5 nitrogen and oxygen atoms in total. The second-order valence-electron chi connectivity index (χ2n) is 5.65. The van der Waals surface area contributed by atoms with Crippen molar-refractivity contribution in [1.29, 1.82) is 0 Å². The normalized spacial score (nSPS) is 13.7. The number of anilines is 1. The zero-order valence-electron chi connectivity index (χ0n) is 11.8. The average Bonchev–Trinajstić information content (AvgIpc) is 2.23. The van der Waals surface area contributed by atoms with Crippen LogP contribution < -0.4 is 10.9 Å². The van der Waals surface area contributed by atoms with E-state index >= 15 is 0 Å². The number of rotatable bonds is 5. The highest BCUT2D eigenvalue weighted by molar-refractivity contribution is 5.34. The average molecular weight is 253 g/mol. The van der Waals surface area contributed by atoms with Crippen LogP contribution in [0.15, 0.2) is 17.2 Å². The molecule has 2 N–H and O–H groups in total. The quantitative estimate of drug-likeness (QED) is 0.834. The molecule has 0 aliphatic carbocycles. The lowest BCUT2D eigenvalue weighted by Gasteiger charge is -2.29. The van der Waals surface area contributed by atoms with Crippen molar-refractivity contribution in [3.8, 4) is 0 Å². The van der Waals surface area contributed by atoms with Crippen LogP contribution in [0.5, 0.6) is 0 Å². The minimum absolute atomic E-state index is 0.153. The van der Waals surface area contributed by atoms with Gasteiger partial charge in [-0.05, 0) is 26.7 Å². The predicted octanol–water partition coefficient (Wildman–Crippen LogP) is 1.47. The van der Waals surface area contributed by atoms with Gasteiger partial charge in [0, 0.05) is 18.9 Å². The molecule has 0 radical (unpaired) electrons. The van der Waals surface area contributed by atoms with Crippen LogP contribution in [0.3, 0.4) is 0 Å². The summed E-state index contributed by atoms with van der Waals surface area (Å²) in [7, 11) is 0. The van der Waals surface area contributed by atoms with E-state index in [2.05, 4.69) is 24.1 Å². The van der Waals surface area contributed by atoms with Crippen molar-refractivity contribution in [3.05, 3.63) is 22.7 Å². The van der Waals surface area contributed by atoms with Gasteiger partial charge in [-0.1, -0.05) is 13.8 Å². The molecule has 0 spiro atoms. The second kappa shape index (κ2) is 5.52. The van der Waals surface area contributed by atoms with Crippen molar-refractivity contribution in [2.24, 2.45) is 5.92 Å². The number of hydrogen-bond acceptors (Lipinski definition) is 4. The van der Waals surface area contributed by atoms with Crippen LogP contribution in [0.1, 0.15) is 34.6 Å². The highest BCUT2D eigenvalue weighted by atomic mass is 16.3. The predicted molar refractivity (Wildman–Crippen MR) is 72.7 cm³/mol. The summed E-state index contributed by atoms with van der Waals surface area (Å²) < 4.78 is 1.64. The number of nitrogens with one attached hydrogen (secondary N) is 1. The first kappa shape index (κ1) is 14.7. The summed E-state index contributed by atoms with van der Waals surface area (Å²) in [6.07, 6.45) is 2.70. The Kier molecular flexibility index (Phi) is 4.51. The molecule has 0 bridgehead atoms. The Morgan fingerprint density at radius 1 is 1.44 bits per heavy atom. The molecule has 0 aliphatic rings. The number of aliphatic hydroxyl groups excluding tert-OH is 1. The molecule has 1 aromatic rings. The molecular weight excluding hydrogens is 230 g/mol. The molecular formula is C13H23N3O2. The van der Waals surface area contributed by atoms with Gasteiger partial charge in [-0.2, -0.15) is 0 Å². The lowest BCUT2D eigenvalue weighted by atomic mass is 9.99. The SMILES string of the molecule is CC(C)Cn1ccnc(NC(C)(C)C(C)O)c1=O. The van der Waals surface area contributed by atoms with E-state index in [0.717, 1.165) is 0 Å². The maximum Gasteiger partial charge on any atom is 0.293 e. The molecule has 0 amide bonds. The summed E-state index contributed by atoms with van der Waals surface area (Å²) in [5, 5.41) is 12.7. The van der Waals surface area contributed by atoms with Crippen molar-refractivity contribution in [2.75, 3.05) is 5.32 Å². The molecule has 0 aromatic carbocycles. The molecule has 0 aliphatic heterocycles. The Hall–Kier alpha value is -1.36. The molecule has 5 heteroatoms. The van der Waals surface area contributed by atoms with E-state index in [1.165, 1.54) is 0 Å². The first-order valence-electron chi connectivity index (χ1n) is 6.25. The molecule has 0 saturated heterocycles. The van der Waals surface area contributed by atoms with Crippen molar-refractivity contribution in [3.63, 3.8) is 0 Å². The Balaban J connectivity index is 3.01. The zero-order chi connectivity index (χ0) is 13.9. The third kappa shape index (κ3) is 3.57. The van der Waals surface area contributed by atoms with Crippen LogP contribution in [-0.4, -0.2) is 26.3 Å². The van der Waals surface area contributed by atoms with Gasteiger partial charge in [-0.3, -0.25) is 4.79 Å². The van der Waals surface area contributed by atoms with Crippen LogP contribution in [0, 0.1) is 5.92 Å². The lowest BCUT2D eigenvalue weighted by Crippen LogP contribution is -2.44. The highest BCUT2D eigenvalue weighted by Gasteiger charge is 2.25. The summed E-state index contributed by atoms with van der Waals surface area (Å²) in [4.78, 5) is 16.2. The Morgan fingerprint density at radius 2 is 2.06 bits per heavy atom. The molecule has 102 valence electrons. The van der Waals surface area contributed by atoms with E-state index in [-0.39, 0.29) is 11.4 Å². The van der Waals surface area contributed by atoms with E-state index < -0.39 is 11.6 Å². The summed E-state index contributed by atoms with van der Waals surface area (Å²) >= 11 is 0. The smallest absolute Gasteiger partial charge is 0.293 e. The molecule has 18 heavy (non-hydrogen) atoms. The third-order valence-corrected chi connectivity index (χ3v) is 2.96. The van der Waals surface area contributed by atoms with Crippen molar-refractivity contribution < 1.29 is 5.11 Å². The topological polar surface area (TPSA) is 67.2 Å². The Labute approximate surface area is 108 Å². The fraction of sp³-hybridized carbons (Fsp3) is 0.692. The summed E-state index contributed by atoms with van der Waals surface area (Å²) in [5.41, 5.74) is -0.747. The Bertz CT molecular complexity index is 450. The fourth-order valence-corrected chi connectivity index (χ4v) is 1.48. The van der Waals surface area contributed by atoms with Gasteiger partial charge in [0.15, 0.2) is 5.82 Å². The van der Waals surface area contributed by atoms with Crippen molar-refractivity contribution >= 4 is 5.82 Å². The van der Waals surface area contributed by atoms with Gasteiger partial charge in [0.1, 0.15) is 0 Å². The standard InChI is InChI=1S/C13H23N3O2/c1-9(2)8-16-7-6-14-11(12(16)18)15-13(4,5)10(3)17/h6-7,9-10,17H,8H2,1-5H3,(H,14,15). The maximum atomic E-state index is 12.2. The van der Waals surface area contributed by atoms with Crippen LogP contribution in [0.2, 0.25) is 0 Å². The molecule has 1 atom stereocenters. The molecule has 0 saturated carbocycles. The second-order valence-corrected chi connectivity index (χ2v) is 5.65. The minimum atomic E-state index is -0.594. The van der Waals surface area contributed by atoms with Crippen molar-refractivity contribution in [1.82, 2.24) is 9.55 Å². The zero-order valence-corrected chi connectivity index (χ0v) is 11.8. The number of nitrogens with zero attached hydrogens (tertiary/aromatic N) is 2. The van der Waals surface area contributed by atoms with E-state index in [4.69, 9.17) is 0 Å². The molecule has 1 unspecified atom stereocenters. The summed E-state index contributed by atoms with van der Waals surface area (Å²) in [6, 6.07) is 0. The van der Waals surface area contributed by atoms with Crippen LogP contribution >= 0.6 is 0 Å². The van der Waals surface area contributed by atoms with E-state index in [1.54, 1.807) is 23.9 Å². The molecule has 1 rings (SSSR count). The first-order valence-corrected chi connectivity index (χ1v) is 6.25. The van der Waals surface area contributed by atoms with Gasteiger partial charge in [0.05, 0.1) is 11.6 Å². The third-order valence-electron chi connectivity index (χ3n) is 2.96. The van der Waals surface area contributed by atoms with E-state index in [0.29, 0.717) is 12.5 Å². The van der Waals surface area contributed by atoms with Gasteiger partial charge < -0.3 is 15.0 Å². The largest absolute Gasteiger partial charge is 0.391 e. The van der Waals surface area contributed by atoms with Crippen LogP contribution in [0.4, 0.5) is 5.82 Å². The van der Waals surface area contributed by atoms with E-state index in [9.17, 15) is 9.90 Å². The van der Waals surface area contributed by atoms with Gasteiger partial charge in [-0.25, -0.2) is 4.98 Å². The fourth-order valence-electron chi connectivity index (χ4n) is 1.48. The van der Waals surface area contributed by atoms with Gasteiger partial charge in [0.2, 0.25) is 0 Å².